The summed E-state index contributed by atoms with van der Waals surface area (Å²) in [6.07, 6.45) is 5.24. The number of nitrogens with one attached hydrogen (secondary N) is 2. The lowest BCUT2D eigenvalue weighted by atomic mass is 10.2. The van der Waals surface area contributed by atoms with Gasteiger partial charge in [-0.1, -0.05) is 18.2 Å². The first-order valence-corrected chi connectivity index (χ1v) is 9.50. The van der Waals surface area contributed by atoms with E-state index in [-0.39, 0.29) is 17.6 Å². The third kappa shape index (κ3) is 3.83. The highest BCUT2D eigenvalue weighted by molar-refractivity contribution is 5.92. The molecule has 0 unspecified atom stereocenters. The lowest BCUT2D eigenvalue weighted by Crippen LogP contribution is -2.25. The Morgan fingerprint density at radius 3 is 2.75 bits per heavy atom. The van der Waals surface area contributed by atoms with Gasteiger partial charge in [-0.3, -0.25) is 9.59 Å². The molecule has 2 amide bonds. The predicted octanol–water partition coefficient (Wildman–Crippen LogP) is 3.10. The van der Waals surface area contributed by atoms with Crippen LogP contribution in [0, 0.1) is 0 Å². The Labute approximate surface area is 162 Å². The Bertz CT molecular complexity index is 961. The number of aryl methyl sites for hydroxylation is 1. The summed E-state index contributed by atoms with van der Waals surface area (Å²) in [5.74, 6) is 0.680. The van der Waals surface area contributed by atoms with E-state index in [4.69, 9.17) is 9.52 Å². The monoisotopic (exact) mass is 378 g/mol. The van der Waals surface area contributed by atoms with Crippen LogP contribution in [0.15, 0.2) is 53.1 Å². The van der Waals surface area contributed by atoms with Crippen molar-refractivity contribution in [2.45, 2.75) is 32.1 Å². The Morgan fingerprint density at radius 1 is 1.11 bits per heavy atom. The van der Waals surface area contributed by atoms with Gasteiger partial charge in [-0.2, -0.15) is 5.10 Å². The van der Waals surface area contributed by atoms with Crippen molar-refractivity contribution in [3.05, 3.63) is 65.7 Å². The number of furan rings is 1. The number of carbonyl (C=O) groups is 2. The van der Waals surface area contributed by atoms with Crippen LogP contribution in [-0.2, 0) is 17.6 Å². The normalized spacial score (nSPS) is 12.6. The van der Waals surface area contributed by atoms with E-state index >= 15 is 0 Å². The Hall–Kier alpha value is -3.35. The van der Waals surface area contributed by atoms with Gasteiger partial charge in [-0.15, -0.1) is 0 Å². The second-order valence-electron chi connectivity index (χ2n) is 6.76. The van der Waals surface area contributed by atoms with Crippen LogP contribution >= 0.6 is 0 Å². The van der Waals surface area contributed by atoms with Gasteiger partial charge in [0.25, 0.3) is 5.91 Å². The van der Waals surface area contributed by atoms with Crippen molar-refractivity contribution < 1.29 is 14.0 Å². The van der Waals surface area contributed by atoms with Gasteiger partial charge in [0.1, 0.15) is 5.82 Å². The molecule has 2 N–H and O–H groups in total. The van der Waals surface area contributed by atoms with Gasteiger partial charge in [-0.05, 0) is 49.9 Å². The van der Waals surface area contributed by atoms with Crippen LogP contribution in [0.5, 0.6) is 0 Å². The number of amides is 2. The van der Waals surface area contributed by atoms with E-state index in [1.165, 1.54) is 6.26 Å². The van der Waals surface area contributed by atoms with Crippen molar-refractivity contribution in [3.8, 4) is 5.69 Å². The van der Waals surface area contributed by atoms with Crippen molar-refractivity contribution in [1.29, 1.82) is 0 Å². The van der Waals surface area contributed by atoms with Gasteiger partial charge >= 0.3 is 0 Å². The smallest absolute Gasteiger partial charge is 0.286 e. The maximum Gasteiger partial charge on any atom is 0.286 e. The minimum absolute atomic E-state index is 0.0842. The molecule has 0 aliphatic heterocycles. The maximum atomic E-state index is 12.5. The first kappa shape index (κ1) is 18.0. The second kappa shape index (κ2) is 8.12. The highest BCUT2D eigenvalue weighted by atomic mass is 16.3. The fourth-order valence-corrected chi connectivity index (χ4v) is 3.42. The standard InChI is InChI=1S/C21H22N4O3/c26-19(12-5-13-22-21(27)18-11-6-14-28-18)23-20-16-9-4-10-17(16)24-25(20)15-7-2-1-3-8-15/h1-3,6-8,11,14H,4-5,9-10,12-13H2,(H,22,27)(H,23,26). The summed E-state index contributed by atoms with van der Waals surface area (Å²) in [4.78, 5) is 24.3. The lowest BCUT2D eigenvalue weighted by molar-refractivity contribution is -0.116. The van der Waals surface area contributed by atoms with Crippen LogP contribution < -0.4 is 10.6 Å². The van der Waals surface area contributed by atoms with Crippen molar-refractivity contribution in [2.24, 2.45) is 0 Å². The molecule has 4 rings (SSSR count). The Morgan fingerprint density at radius 2 is 1.96 bits per heavy atom. The lowest BCUT2D eigenvalue weighted by Gasteiger charge is -2.11. The summed E-state index contributed by atoms with van der Waals surface area (Å²) in [6, 6.07) is 13.1. The fourth-order valence-electron chi connectivity index (χ4n) is 3.42. The molecule has 1 aliphatic carbocycles. The molecule has 2 aromatic heterocycles. The topological polar surface area (TPSA) is 89.2 Å². The third-order valence-electron chi connectivity index (χ3n) is 4.78. The Balaban J connectivity index is 1.36. The van der Waals surface area contributed by atoms with Crippen LogP contribution in [0.2, 0.25) is 0 Å². The van der Waals surface area contributed by atoms with Crippen LogP contribution in [0.4, 0.5) is 5.82 Å². The largest absolute Gasteiger partial charge is 0.459 e. The number of nitrogens with zero attached hydrogens (tertiary/aromatic N) is 2. The number of hydrogen-bond acceptors (Lipinski definition) is 4. The zero-order valence-corrected chi connectivity index (χ0v) is 15.5. The van der Waals surface area contributed by atoms with Gasteiger partial charge in [0.15, 0.2) is 5.76 Å². The molecule has 1 aromatic carbocycles. The van der Waals surface area contributed by atoms with Crippen molar-refractivity contribution >= 4 is 17.6 Å². The maximum absolute atomic E-state index is 12.5. The SMILES string of the molecule is O=C(CCCNC(=O)c1ccco1)Nc1c2c(nn1-c1ccccc1)CCC2. The molecule has 0 atom stereocenters. The number of anilines is 1. The molecule has 1 aliphatic rings. The highest BCUT2D eigenvalue weighted by Crippen LogP contribution is 2.31. The number of rotatable bonds is 7. The quantitative estimate of drug-likeness (QED) is 0.618. The van der Waals surface area contributed by atoms with E-state index < -0.39 is 0 Å². The third-order valence-corrected chi connectivity index (χ3v) is 4.78. The van der Waals surface area contributed by atoms with Crippen molar-refractivity contribution in [2.75, 3.05) is 11.9 Å². The van der Waals surface area contributed by atoms with E-state index in [0.29, 0.717) is 19.4 Å². The number of para-hydroxylation sites is 1. The molecule has 2 heterocycles. The predicted molar refractivity (Wildman–Crippen MR) is 104 cm³/mol. The van der Waals surface area contributed by atoms with Crippen LogP contribution in [0.1, 0.15) is 41.1 Å². The van der Waals surface area contributed by atoms with Crippen molar-refractivity contribution in [1.82, 2.24) is 15.1 Å². The van der Waals surface area contributed by atoms with E-state index in [0.717, 1.165) is 42.0 Å². The average Bonchev–Trinajstić information content (AvgIpc) is 3.45. The zero-order chi connectivity index (χ0) is 19.3. The number of benzene rings is 1. The summed E-state index contributed by atoms with van der Waals surface area (Å²) in [5.41, 5.74) is 3.12. The molecule has 7 nitrogen and oxygen atoms in total. The molecule has 3 aromatic rings. The molecule has 28 heavy (non-hydrogen) atoms. The van der Waals surface area contributed by atoms with Gasteiger partial charge in [-0.25, -0.2) is 4.68 Å². The first-order chi connectivity index (χ1) is 13.7. The number of carbonyl (C=O) groups excluding carboxylic acids is 2. The van der Waals surface area contributed by atoms with Crippen molar-refractivity contribution in [3.63, 3.8) is 0 Å². The zero-order valence-electron chi connectivity index (χ0n) is 15.5. The van der Waals surface area contributed by atoms with Gasteiger partial charge in [0.05, 0.1) is 17.6 Å². The van der Waals surface area contributed by atoms with E-state index in [2.05, 4.69) is 10.6 Å². The van der Waals surface area contributed by atoms with Gasteiger partial charge < -0.3 is 15.1 Å². The minimum atomic E-state index is -0.273. The minimum Gasteiger partial charge on any atom is -0.459 e. The van der Waals surface area contributed by atoms with Crippen LogP contribution in [0.3, 0.4) is 0 Å². The van der Waals surface area contributed by atoms with E-state index in [1.807, 2.05) is 35.0 Å². The summed E-state index contributed by atoms with van der Waals surface area (Å²) >= 11 is 0. The Kier molecular flexibility index (Phi) is 5.23. The van der Waals surface area contributed by atoms with E-state index in [1.54, 1.807) is 12.1 Å². The van der Waals surface area contributed by atoms with Crippen LogP contribution in [0.25, 0.3) is 5.69 Å². The molecule has 0 bridgehead atoms. The highest BCUT2D eigenvalue weighted by Gasteiger charge is 2.24. The van der Waals surface area contributed by atoms with Crippen LogP contribution in [-0.4, -0.2) is 28.1 Å². The molecule has 144 valence electrons. The summed E-state index contributed by atoms with van der Waals surface area (Å²) in [7, 11) is 0. The molecule has 0 saturated carbocycles. The molecule has 0 spiro atoms. The summed E-state index contributed by atoms with van der Waals surface area (Å²) in [5, 5.41) is 10.5. The summed E-state index contributed by atoms with van der Waals surface area (Å²) < 4.78 is 6.86. The second-order valence-corrected chi connectivity index (χ2v) is 6.76. The molecule has 7 heteroatoms. The van der Waals surface area contributed by atoms with Gasteiger partial charge in [0.2, 0.25) is 5.91 Å². The average molecular weight is 378 g/mol. The fraction of sp³-hybridized carbons (Fsp3) is 0.286. The molecule has 0 radical (unpaired) electrons. The molecule has 0 fully saturated rings. The number of fused-ring (bicyclic) bond motifs is 1. The summed E-state index contributed by atoms with van der Waals surface area (Å²) in [6.45, 7) is 0.406. The first-order valence-electron chi connectivity index (χ1n) is 9.50. The molecular formula is C21H22N4O3. The molecule has 0 saturated heterocycles. The number of aromatic nitrogens is 2. The number of hydrogen-bond donors (Lipinski definition) is 2. The molecular weight excluding hydrogens is 356 g/mol. The van der Waals surface area contributed by atoms with Gasteiger partial charge in [0, 0.05) is 18.5 Å². The van der Waals surface area contributed by atoms with E-state index in [9.17, 15) is 9.59 Å².